The largest absolute Gasteiger partial charge is 0.481 e. The first-order chi connectivity index (χ1) is 8.00. The van der Waals surface area contributed by atoms with E-state index < -0.39 is 5.97 Å². The first kappa shape index (κ1) is 13.2. The summed E-state index contributed by atoms with van der Waals surface area (Å²) in [6.07, 6.45) is 1.16. The van der Waals surface area contributed by atoms with Crippen molar-refractivity contribution in [2.45, 2.75) is 26.7 Å². The van der Waals surface area contributed by atoms with E-state index in [1.165, 1.54) is 0 Å². The summed E-state index contributed by atoms with van der Waals surface area (Å²) in [7, 11) is 0. The number of nitrogens with one attached hydrogen (secondary N) is 1. The quantitative estimate of drug-likeness (QED) is 0.729. The number of aromatic nitrogens is 1. The molecule has 1 rings (SSSR count). The van der Waals surface area contributed by atoms with Crippen LogP contribution in [0.4, 0.5) is 0 Å². The molecule has 0 aliphatic rings. The van der Waals surface area contributed by atoms with Crippen molar-refractivity contribution in [3.8, 4) is 0 Å². The smallest absolute Gasteiger partial charge is 0.306 e. The summed E-state index contributed by atoms with van der Waals surface area (Å²) >= 11 is 0. The Morgan fingerprint density at radius 2 is 2.29 bits per heavy atom. The Balaban J connectivity index is 2.23. The van der Waals surface area contributed by atoms with Crippen molar-refractivity contribution in [3.05, 3.63) is 17.5 Å². The molecule has 0 bridgehead atoms. The fourth-order valence-corrected chi connectivity index (χ4v) is 1.30. The summed E-state index contributed by atoms with van der Waals surface area (Å²) < 4.78 is 4.77. The van der Waals surface area contributed by atoms with Gasteiger partial charge in [0, 0.05) is 12.6 Å². The minimum absolute atomic E-state index is 0.244. The molecule has 94 valence electrons. The van der Waals surface area contributed by atoms with E-state index in [0.29, 0.717) is 25.1 Å². The lowest BCUT2D eigenvalue weighted by atomic mass is 10.1. The zero-order chi connectivity index (χ0) is 12.8. The summed E-state index contributed by atoms with van der Waals surface area (Å²) in [6.45, 7) is 3.78. The predicted octanol–water partition coefficient (Wildman–Crippen LogP) is 1.21. The molecule has 0 saturated carbocycles. The number of hydrogen-bond acceptors (Lipinski definition) is 4. The average Bonchev–Trinajstić information content (AvgIpc) is 2.70. The molecule has 0 aliphatic heterocycles. The maximum Gasteiger partial charge on any atom is 0.306 e. The Morgan fingerprint density at radius 1 is 1.59 bits per heavy atom. The highest BCUT2D eigenvalue weighted by Crippen LogP contribution is 2.05. The van der Waals surface area contributed by atoms with Crippen molar-refractivity contribution in [2.24, 2.45) is 5.92 Å². The number of rotatable bonds is 6. The summed E-state index contributed by atoms with van der Waals surface area (Å²) in [5.41, 5.74) is 0.244. The van der Waals surface area contributed by atoms with Gasteiger partial charge in [0.2, 0.25) is 0 Å². The van der Waals surface area contributed by atoms with Crippen molar-refractivity contribution in [1.82, 2.24) is 10.5 Å². The number of aryl methyl sites for hydroxylation is 1. The number of nitrogens with zero attached hydrogens (tertiary/aromatic N) is 1. The zero-order valence-electron chi connectivity index (χ0n) is 9.90. The van der Waals surface area contributed by atoms with Crippen LogP contribution in [0.15, 0.2) is 10.6 Å². The number of carboxylic acids is 1. The molecule has 1 aromatic heterocycles. The van der Waals surface area contributed by atoms with Crippen LogP contribution in [-0.4, -0.2) is 28.7 Å². The van der Waals surface area contributed by atoms with Gasteiger partial charge in [-0.05, 0) is 19.8 Å². The van der Waals surface area contributed by atoms with Gasteiger partial charge < -0.3 is 14.9 Å². The summed E-state index contributed by atoms with van der Waals surface area (Å²) in [5, 5.41) is 14.9. The van der Waals surface area contributed by atoms with E-state index in [1.807, 2.05) is 0 Å². The molecule has 17 heavy (non-hydrogen) atoms. The number of carboxylic acid groups (broad SMARTS) is 1. The van der Waals surface area contributed by atoms with Crippen molar-refractivity contribution >= 4 is 11.9 Å². The van der Waals surface area contributed by atoms with Gasteiger partial charge in [-0.3, -0.25) is 9.59 Å². The molecule has 1 amide bonds. The highest BCUT2D eigenvalue weighted by atomic mass is 16.5. The van der Waals surface area contributed by atoms with E-state index in [2.05, 4.69) is 10.5 Å². The van der Waals surface area contributed by atoms with E-state index in [-0.39, 0.29) is 17.5 Å². The Labute approximate surface area is 99.0 Å². The Kier molecular flexibility index (Phi) is 4.68. The van der Waals surface area contributed by atoms with E-state index in [9.17, 15) is 9.59 Å². The highest BCUT2D eigenvalue weighted by molar-refractivity contribution is 5.92. The molecule has 0 aliphatic carbocycles. The normalized spacial score (nSPS) is 12.1. The number of carbonyl (C=O) groups excluding carboxylic acids is 1. The number of carbonyl (C=O) groups is 2. The standard InChI is InChI=1S/C11H16N2O4/c1-7(11(15)16)4-3-5-12-10(14)9-6-8(2)17-13-9/h6-7H,3-5H2,1-2H3,(H,12,14)(H,15,16). The minimum Gasteiger partial charge on any atom is -0.481 e. The summed E-state index contributed by atoms with van der Waals surface area (Å²) in [4.78, 5) is 22.0. The van der Waals surface area contributed by atoms with E-state index in [1.54, 1.807) is 19.9 Å². The van der Waals surface area contributed by atoms with Crippen molar-refractivity contribution in [1.29, 1.82) is 0 Å². The van der Waals surface area contributed by atoms with Crippen LogP contribution >= 0.6 is 0 Å². The Bertz CT molecular complexity index is 400. The topological polar surface area (TPSA) is 92.4 Å². The summed E-state index contributed by atoms with van der Waals surface area (Å²) in [5.74, 6) is -0.927. The van der Waals surface area contributed by atoms with Crippen molar-refractivity contribution < 1.29 is 19.2 Å². The predicted molar refractivity (Wildman–Crippen MR) is 59.6 cm³/mol. The van der Waals surface area contributed by atoms with Crippen LogP contribution < -0.4 is 5.32 Å². The van der Waals surface area contributed by atoms with Gasteiger partial charge >= 0.3 is 5.97 Å². The lowest BCUT2D eigenvalue weighted by Gasteiger charge is -2.06. The third-order valence-corrected chi connectivity index (χ3v) is 2.38. The SMILES string of the molecule is Cc1cc(C(=O)NCCCC(C)C(=O)O)no1. The molecule has 0 spiro atoms. The second-order valence-corrected chi connectivity index (χ2v) is 3.96. The number of hydrogen-bond donors (Lipinski definition) is 2. The van der Waals surface area contributed by atoms with Crippen LogP contribution in [0, 0.1) is 12.8 Å². The average molecular weight is 240 g/mol. The van der Waals surface area contributed by atoms with Gasteiger partial charge in [0.05, 0.1) is 5.92 Å². The van der Waals surface area contributed by atoms with E-state index >= 15 is 0 Å². The lowest BCUT2D eigenvalue weighted by Crippen LogP contribution is -2.25. The molecule has 6 nitrogen and oxygen atoms in total. The third-order valence-electron chi connectivity index (χ3n) is 2.38. The molecule has 2 N–H and O–H groups in total. The molecule has 0 aromatic carbocycles. The van der Waals surface area contributed by atoms with Crippen LogP contribution in [0.2, 0.25) is 0 Å². The maximum absolute atomic E-state index is 11.5. The van der Waals surface area contributed by atoms with Gasteiger partial charge in [0.15, 0.2) is 5.69 Å². The van der Waals surface area contributed by atoms with Crippen LogP contribution in [-0.2, 0) is 4.79 Å². The third kappa shape index (κ3) is 4.26. The Morgan fingerprint density at radius 3 is 2.82 bits per heavy atom. The summed E-state index contributed by atoms with van der Waals surface area (Å²) in [6, 6.07) is 1.55. The molecule has 0 fully saturated rings. The monoisotopic (exact) mass is 240 g/mol. The minimum atomic E-state index is -0.816. The van der Waals surface area contributed by atoms with E-state index in [0.717, 1.165) is 0 Å². The van der Waals surface area contributed by atoms with Gasteiger partial charge in [-0.15, -0.1) is 0 Å². The number of aliphatic carboxylic acids is 1. The van der Waals surface area contributed by atoms with Gasteiger partial charge in [0.1, 0.15) is 5.76 Å². The van der Waals surface area contributed by atoms with Crippen LogP contribution in [0.1, 0.15) is 36.0 Å². The highest BCUT2D eigenvalue weighted by Gasteiger charge is 2.12. The molecule has 1 atom stereocenters. The maximum atomic E-state index is 11.5. The molecule has 0 saturated heterocycles. The van der Waals surface area contributed by atoms with Gasteiger partial charge in [-0.1, -0.05) is 12.1 Å². The molecule has 1 aromatic rings. The molecule has 1 heterocycles. The zero-order valence-corrected chi connectivity index (χ0v) is 9.90. The van der Waals surface area contributed by atoms with Crippen molar-refractivity contribution in [2.75, 3.05) is 6.54 Å². The molecule has 1 unspecified atom stereocenters. The van der Waals surface area contributed by atoms with Crippen molar-refractivity contribution in [3.63, 3.8) is 0 Å². The van der Waals surface area contributed by atoms with Crippen LogP contribution in [0.5, 0.6) is 0 Å². The fraction of sp³-hybridized carbons (Fsp3) is 0.545. The molecule has 0 radical (unpaired) electrons. The van der Waals surface area contributed by atoms with E-state index in [4.69, 9.17) is 9.63 Å². The number of amides is 1. The van der Waals surface area contributed by atoms with Gasteiger partial charge in [-0.25, -0.2) is 0 Å². The van der Waals surface area contributed by atoms with Gasteiger partial charge in [-0.2, -0.15) is 0 Å². The first-order valence-electron chi connectivity index (χ1n) is 5.45. The molecular formula is C11H16N2O4. The fourth-order valence-electron chi connectivity index (χ4n) is 1.30. The molecule has 6 heteroatoms. The first-order valence-corrected chi connectivity index (χ1v) is 5.45. The second-order valence-electron chi connectivity index (χ2n) is 3.96. The van der Waals surface area contributed by atoms with Gasteiger partial charge in [0.25, 0.3) is 5.91 Å². The molecular weight excluding hydrogens is 224 g/mol. The lowest BCUT2D eigenvalue weighted by molar-refractivity contribution is -0.141. The Hall–Kier alpha value is -1.85. The second kappa shape index (κ2) is 6.03. The van der Waals surface area contributed by atoms with Crippen LogP contribution in [0.25, 0.3) is 0 Å². The van der Waals surface area contributed by atoms with Crippen LogP contribution in [0.3, 0.4) is 0 Å².